The Kier molecular flexibility index (Phi) is 4.56. The van der Waals surface area contributed by atoms with Crippen LogP contribution >= 0.6 is 0 Å². The third-order valence-corrected chi connectivity index (χ3v) is 2.53. The van der Waals surface area contributed by atoms with Crippen LogP contribution in [0, 0.1) is 6.92 Å². The molecule has 1 aromatic heterocycles. The van der Waals surface area contributed by atoms with Crippen molar-refractivity contribution in [1.82, 2.24) is 0 Å². The Bertz CT molecular complexity index is 597. The van der Waals surface area contributed by atoms with Gasteiger partial charge in [0.1, 0.15) is 11.5 Å². The lowest BCUT2D eigenvalue weighted by molar-refractivity contribution is 0.318. The molecule has 19 heavy (non-hydrogen) atoms. The van der Waals surface area contributed by atoms with E-state index >= 15 is 0 Å². The molecule has 98 valence electrons. The van der Waals surface area contributed by atoms with Crippen LogP contribution in [-0.4, -0.2) is 6.61 Å². The minimum atomic E-state index is -0.380. The molecule has 0 radical (unpaired) electrons. The summed E-state index contributed by atoms with van der Waals surface area (Å²) < 4.78 is 10.3. The Morgan fingerprint density at radius 3 is 2.74 bits per heavy atom. The van der Waals surface area contributed by atoms with Crippen molar-refractivity contribution in [3.8, 4) is 5.75 Å². The van der Waals surface area contributed by atoms with E-state index in [0.29, 0.717) is 18.1 Å². The first kappa shape index (κ1) is 13.1. The molecule has 0 aliphatic carbocycles. The number of aryl methyl sites for hydroxylation is 1. The van der Waals surface area contributed by atoms with Crippen LogP contribution in [0.4, 0.5) is 0 Å². The molecule has 0 bridgehead atoms. The Morgan fingerprint density at radius 1 is 1.21 bits per heavy atom. The molecule has 0 N–H and O–H groups in total. The van der Waals surface area contributed by atoms with Crippen LogP contribution in [0.1, 0.15) is 17.7 Å². The third kappa shape index (κ3) is 4.47. The predicted octanol–water partition coefficient (Wildman–Crippen LogP) is 3.43. The summed E-state index contributed by atoms with van der Waals surface area (Å²) in [7, 11) is 0. The Balaban J connectivity index is 1.81. The van der Waals surface area contributed by atoms with Crippen LogP contribution in [-0.2, 0) is 0 Å². The largest absolute Gasteiger partial charge is 0.493 e. The van der Waals surface area contributed by atoms with E-state index in [1.165, 1.54) is 11.6 Å². The van der Waals surface area contributed by atoms with Crippen LogP contribution in [0.15, 0.2) is 57.8 Å². The van der Waals surface area contributed by atoms with Gasteiger partial charge in [-0.1, -0.05) is 42.5 Å². The molecule has 2 rings (SSSR count). The second-order valence-corrected chi connectivity index (χ2v) is 4.17. The first-order valence-electron chi connectivity index (χ1n) is 6.20. The van der Waals surface area contributed by atoms with E-state index in [-0.39, 0.29) is 5.63 Å². The molecule has 3 nitrogen and oxygen atoms in total. The summed E-state index contributed by atoms with van der Waals surface area (Å²) in [5.41, 5.74) is 0.786. The van der Waals surface area contributed by atoms with Gasteiger partial charge in [-0.25, -0.2) is 4.79 Å². The maximum atomic E-state index is 11.1. The molecule has 3 heteroatoms. The van der Waals surface area contributed by atoms with Crippen LogP contribution in [0.2, 0.25) is 0 Å². The molecule has 0 fully saturated rings. The topological polar surface area (TPSA) is 39.4 Å². The van der Waals surface area contributed by atoms with Gasteiger partial charge in [0.05, 0.1) is 12.7 Å². The van der Waals surface area contributed by atoms with Gasteiger partial charge in [-0.15, -0.1) is 0 Å². The third-order valence-electron chi connectivity index (χ3n) is 2.53. The van der Waals surface area contributed by atoms with Crippen molar-refractivity contribution < 1.29 is 9.15 Å². The van der Waals surface area contributed by atoms with Crippen LogP contribution in [0.3, 0.4) is 0 Å². The lowest BCUT2D eigenvalue weighted by Gasteiger charge is -2.03. The van der Waals surface area contributed by atoms with Gasteiger partial charge in [0.2, 0.25) is 0 Å². The maximum absolute atomic E-state index is 11.1. The highest BCUT2D eigenvalue weighted by Crippen LogP contribution is 2.10. The van der Waals surface area contributed by atoms with Gasteiger partial charge in [0.15, 0.2) is 0 Å². The average molecular weight is 256 g/mol. The molecule has 0 saturated heterocycles. The summed E-state index contributed by atoms with van der Waals surface area (Å²) in [4.78, 5) is 11.1. The number of hydrogen-bond donors (Lipinski definition) is 0. The molecule has 0 spiro atoms. The van der Waals surface area contributed by atoms with Gasteiger partial charge in [0.25, 0.3) is 0 Å². The highest BCUT2D eigenvalue weighted by atomic mass is 16.5. The normalized spacial score (nSPS) is 10.8. The van der Waals surface area contributed by atoms with Crippen molar-refractivity contribution in [2.75, 3.05) is 6.61 Å². The molecule has 1 aromatic carbocycles. The van der Waals surface area contributed by atoms with E-state index < -0.39 is 0 Å². The standard InChI is InChI=1S/C16H16O3/c1-13-11-15(12-16(17)19-13)18-10-6-5-9-14-7-3-2-4-8-14/h2-5,7-9,11-12H,6,10H2,1H3/b9-5-. The Labute approximate surface area is 112 Å². The Hall–Kier alpha value is -2.29. The molecular formula is C16H16O3. The summed E-state index contributed by atoms with van der Waals surface area (Å²) in [6.07, 6.45) is 4.88. The van der Waals surface area contributed by atoms with Gasteiger partial charge in [0, 0.05) is 6.07 Å². The van der Waals surface area contributed by atoms with Crippen molar-refractivity contribution in [3.63, 3.8) is 0 Å². The second kappa shape index (κ2) is 6.59. The smallest absolute Gasteiger partial charge is 0.339 e. The van der Waals surface area contributed by atoms with E-state index in [1.54, 1.807) is 13.0 Å². The van der Waals surface area contributed by atoms with Gasteiger partial charge in [-0.05, 0) is 18.9 Å². The summed E-state index contributed by atoms with van der Waals surface area (Å²) in [5.74, 6) is 1.11. The van der Waals surface area contributed by atoms with E-state index in [1.807, 2.05) is 42.5 Å². The maximum Gasteiger partial charge on any atom is 0.339 e. The quantitative estimate of drug-likeness (QED) is 0.769. The lowest BCUT2D eigenvalue weighted by Crippen LogP contribution is -2.02. The van der Waals surface area contributed by atoms with Crippen molar-refractivity contribution in [3.05, 3.63) is 70.3 Å². The first-order chi connectivity index (χ1) is 9.24. The minimum Gasteiger partial charge on any atom is -0.493 e. The fourth-order valence-corrected chi connectivity index (χ4v) is 1.69. The van der Waals surface area contributed by atoms with Crippen molar-refractivity contribution in [2.45, 2.75) is 13.3 Å². The van der Waals surface area contributed by atoms with Gasteiger partial charge >= 0.3 is 5.63 Å². The summed E-state index contributed by atoms with van der Waals surface area (Å²) in [5, 5.41) is 0. The summed E-state index contributed by atoms with van der Waals surface area (Å²) in [6.45, 7) is 2.26. The van der Waals surface area contributed by atoms with E-state index in [9.17, 15) is 4.79 Å². The fourth-order valence-electron chi connectivity index (χ4n) is 1.69. The first-order valence-corrected chi connectivity index (χ1v) is 6.20. The SMILES string of the molecule is Cc1cc(OCC/C=C\c2ccccc2)cc(=O)o1. The van der Waals surface area contributed by atoms with Gasteiger partial charge in [-0.2, -0.15) is 0 Å². The van der Waals surface area contributed by atoms with Crippen molar-refractivity contribution >= 4 is 6.08 Å². The highest BCUT2D eigenvalue weighted by molar-refractivity contribution is 5.48. The van der Waals surface area contributed by atoms with E-state index in [2.05, 4.69) is 0 Å². The number of ether oxygens (including phenoxy) is 1. The van der Waals surface area contributed by atoms with Crippen LogP contribution < -0.4 is 10.4 Å². The zero-order valence-electron chi connectivity index (χ0n) is 10.8. The Morgan fingerprint density at radius 2 is 2.00 bits per heavy atom. The number of rotatable bonds is 5. The predicted molar refractivity (Wildman–Crippen MR) is 75.3 cm³/mol. The molecule has 0 saturated carbocycles. The minimum absolute atomic E-state index is 0.380. The molecule has 1 heterocycles. The average Bonchev–Trinajstić information content (AvgIpc) is 2.38. The van der Waals surface area contributed by atoms with Crippen LogP contribution in [0.25, 0.3) is 6.08 Å². The van der Waals surface area contributed by atoms with Crippen LogP contribution in [0.5, 0.6) is 5.75 Å². The summed E-state index contributed by atoms with van der Waals surface area (Å²) >= 11 is 0. The second-order valence-electron chi connectivity index (χ2n) is 4.17. The molecule has 0 amide bonds. The highest BCUT2D eigenvalue weighted by Gasteiger charge is 1.98. The summed E-state index contributed by atoms with van der Waals surface area (Å²) in [6, 6.07) is 13.1. The van der Waals surface area contributed by atoms with Gasteiger partial charge < -0.3 is 9.15 Å². The van der Waals surface area contributed by atoms with Crippen molar-refractivity contribution in [2.24, 2.45) is 0 Å². The van der Waals surface area contributed by atoms with Crippen molar-refractivity contribution in [1.29, 1.82) is 0 Å². The van der Waals surface area contributed by atoms with Gasteiger partial charge in [-0.3, -0.25) is 0 Å². The fraction of sp³-hybridized carbons (Fsp3) is 0.188. The number of benzene rings is 1. The molecular weight excluding hydrogens is 240 g/mol. The monoisotopic (exact) mass is 256 g/mol. The molecule has 0 atom stereocenters. The molecule has 0 aliphatic rings. The number of hydrogen-bond acceptors (Lipinski definition) is 3. The van der Waals surface area contributed by atoms with E-state index in [4.69, 9.17) is 9.15 Å². The molecule has 0 aliphatic heterocycles. The molecule has 2 aromatic rings. The zero-order chi connectivity index (χ0) is 13.5. The zero-order valence-corrected chi connectivity index (χ0v) is 10.8. The molecule has 0 unspecified atom stereocenters. The van der Waals surface area contributed by atoms with E-state index in [0.717, 1.165) is 6.42 Å². The lowest BCUT2D eigenvalue weighted by atomic mass is 10.2.